The average molecular weight is 297 g/mol. The lowest BCUT2D eigenvalue weighted by atomic mass is 10.1. The minimum atomic E-state index is -1.10. The Morgan fingerprint density at radius 1 is 1.52 bits per heavy atom. The molecule has 1 aliphatic heterocycles. The van der Waals surface area contributed by atoms with Gasteiger partial charge in [-0.05, 0) is 25.5 Å². The van der Waals surface area contributed by atoms with E-state index in [0.717, 1.165) is 0 Å². The van der Waals surface area contributed by atoms with E-state index in [1.165, 1.54) is 12.1 Å². The van der Waals surface area contributed by atoms with Gasteiger partial charge >= 0.3 is 0 Å². The van der Waals surface area contributed by atoms with Crippen LogP contribution in [0.3, 0.4) is 0 Å². The first-order valence-electron chi connectivity index (χ1n) is 6.99. The van der Waals surface area contributed by atoms with Crippen LogP contribution in [0, 0.1) is 5.82 Å². The van der Waals surface area contributed by atoms with Crippen molar-refractivity contribution in [1.82, 2.24) is 4.90 Å². The minimum absolute atomic E-state index is 0.0227. The van der Waals surface area contributed by atoms with Gasteiger partial charge in [0.25, 0.3) is 0 Å². The summed E-state index contributed by atoms with van der Waals surface area (Å²) < 4.78 is 23.5. The molecule has 1 aromatic rings. The number of carbonyl (C=O) groups is 1. The van der Waals surface area contributed by atoms with Crippen LogP contribution < -0.4 is 4.74 Å². The van der Waals surface area contributed by atoms with E-state index < -0.39 is 5.60 Å². The summed E-state index contributed by atoms with van der Waals surface area (Å²) >= 11 is 0. The van der Waals surface area contributed by atoms with E-state index in [2.05, 4.69) is 0 Å². The van der Waals surface area contributed by atoms with E-state index in [1.54, 1.807) is 17.0 Å². The van der Waals surface area contributed by atoms with Crippen LogP contribution in [-0.2, 0) is 9.53 Å². The highest BCUT2D eigenvalue weighted by atomic mass is 19.1. The minimum Gasteiger partial charge on any atom is -0.490 e. The first kappa shape index (κ1) is 15.7. The lowest BCUT2D eigenvalue weighted by Gasteiger charge is -2.23. The maximum Gasteiger partial charge on any atom is 0.248 e. The van der Waals surface area contributed by atoms with E-state index in [9.17, 15) is 14.3 Å². The van der Waals surface area contributed by atoms with Crippen molar-refractivity contribution in [3.05, 3.63) is 30.1 Å². The molecule has 0 bridgehead atoms. The van der Waals surface area contributed by atoms with E-state index in [1.807, 2.05) is 6.92 Å². The fourth-order valence-corrected chi connectivity index (χ4v) is 2.24. The highest BCUT2D eigenvalue weighted by molar-refractivity contribution is 5.77. The van der Waals surface area contributed by atoms with Crippen molar-refractivity contribution in [1.29, 1.82) is 0 Å². The second-order valence-corrected chi connectivity index (χ2v) is 5.17. The van der Waals surface area contributed by atoms with E-state index in [0.29, 0.717) is 25.3 Å². The Kier molecular flexibility index (Phi) is 5.14. The first-order chi connectivity index (χ1) is 10.0. The van der Waals surface area contributed by atoms with E-state index in [-0.39, 0.29) is 31.5 Å². The van der Waals surface area contributed by atoms with Crippen LogP contribution in [0.15, 0.2) is 24.3 Å². The Morgan fingerprint density at radius 2 is 2.33 bits per heavy atom. The van der Waals surface area contributed by atoms with E-state index in [4.69, 9.17) is 9.47 Å². The summed E-state index contributed by atoms with van der Waals surface area (Å²) in [5, 5.41) is 10.4. The summed E-state index contributed by atoms with van der Waals surface area (Å²) in [6, 6.07) is 5.75. The third-order valence-electron chi connectivity index (χ3n) is 3.42. The largest absolute Gasteiger partial charge is 0.490 e. The molecule has 1 heterocycles. The Balaban J connectivity index is 1.85. The van der Waals surface area contributed by atoms with E-state index >= 15 is 0 Å². The maximum absolute atomic E-state index is 13.0. The van der Waals surface area contributed by atoms with Crippen LogP contribution in [-0.4, -0.2) is 54.4 Å². The Morgan fingerprint density at radius 3 is 3.05 bits per heavy atom. The van der Waals surface area contributed by atoms with Crippen LogP contribution >= 0.6 is 0 Å². The highest BCUT2D eigenvalue weighted by Gasteiger charge is 2.38. The highest BCUT2D eigenvalue weighted by Crippen LogP contribution is 2.23. The molecule has 116 valence electrons. The number of nitrogens with zero attached hydrogens (tertiary/aromatic N) is 1. The number of hydrogen-bond donors (Lipinski definition) is 1. The van der Waals surface area contributed by atoms with Gasteiger partial charge in [0, 0.05) is 19.2 Å². The monoisotopic (exact) mass is 297 g/mol. The molecule has 1 atom stereocenters. The summed E-state index contributed by atoms with van der Waals surface area (Å²) in [5.41, 5.74) is -1.10. The van der Waals surface area contributed by atoms with Crippen molar-refractivity contribution in [2.45, 2.75) is 18.9 Å². The Labute approximate surface area is 123 Å². The summed E-state index contributed by atoms with van der Waals surface area (Å²) in [4.78, 5) is 13.4. The van der Waals surface area contributed by atoms with Crippen molar-refractivity contribution in [2.24, 2.45) is 0 Å². The molecule has 0 aromatic heterocycles. The third kappa shape index (κ3) is 4.41. The first-order valence-corrected chi connectivity index (χ1v) is 6.99. The standard InChI is InChI=1S/C15H20FNO4/c1-2-20-9-14(18)17-7-6-15(19,10-17)11-21-13-5-3-4-12(16)8-13/h3-5,8,19H,2,6-7,9-11H2,1H3/t15-/m0/s1. The van der Waals surface area contributed by atoms with Crippen molar-refractivity contribution >= 4 is 5.91 Å². The number of hydrogen-bond acceptors (Lipinski definition) is 4. The molecule has 1 amide bonds. The van der Waals surface area contributed by atoms with Gasteiger partial charge in [0.1, 0.15) is 30.4 Å². The van der Waals surface area contributed by atoms with Gasteiger partial charge in [0.05, 0.1) is 6.54 Å². The van der Waals surface area contributed by atoms with Crippen molar-refractivity contribution < 1.29 is 23.8 Å². The molecular formula is C15H20FNO4. The number of β-amino-alcohol motifs (C(OH)–C–C–N with tert-alkyl or cyclic N) is 1. The van der Waals surface area contributed by atoms with Gasteiger partial charge in [0.2, 0.25) is 5.91 Å². The number of likely N-dealkylation sites (tertiary alicyclic amines) is 1. The molecule has 21 heavy (non-hydrogen) atoms. The number of amides is 1. The zero-order valence-electron chi connectivity index (χ0n) is 12.0. The van der Waals surface area contributed by atoms with Crippen molar-refractivity contribution in [2.75, 3.05) is 32.9 Å². The van der Waals surface area contributed by atoms with Gasteiger partial charge in [0.15, 0.2) is 0 Å². The van der Waals surface area contributed by atoms with Crippen LogP contribution in [0.4, 0.5) is 4.39 Å². The second kappa shape index (κ2) is 6.87. The summed E-state index contributed by atoms with van der Waals surface area (Å²) in [6.45, 7) is 3.02. The number of benzene rings is 1. The summed E-state index contributed by atoms with van der Waals surface area (Å²) in [5.74, 6) is -0.166. The fraction of sp³-hybridized carbons (Fsp3) is 0.533. The molecule has 1 saturated heterocycles. The van der Waals surface area contributed by atoms with Gasteiger partial charge in [-0.1, -0.05) is 6.07 Å². The van der Waals surface area contributed by atoms with Crippen LogP contribution in [0.2, 0.25) is 0 Å². The molecule has 1 N–H and O–H groups in total. The predicted octanol–water partition coefficient (Wildman–Crippen LogP) is 1.20. The van der Waals surface area contributed by atoms with Gasteiger partial charge in [-0.2, -0.15) is 0 Å². The molecule has 0 saturated carbocycles. The molecule has 5 nitrogen and oxygen atoms in total. The maximum atomic E-state index is 13.0. The van der Waals surface area contributed by atoms with Crippen LogP contribution in [0.1, 0.15) is 13.3 Å². The summed E-state index contributed by atoms with van der Waals surface area (Å²) in [6.07, 6.45) is 0.431. The summed E-state index contributed by atoms with van der Waals surface area (Å²) in [7, 11) is 0. The number of rotatable bonds is 6. The molecule has 0 radical (unpaired) electrons. The number of aliphatic hydroxyl groups is 1. The van der Waals surface area contributed by atoms with Gasteiger partial charge in [-0.25, -0.2) is 4.39 Å². The Hall–Kier alpha value is -1.66. The fourth-order valence-electron chi connectivity index (χ4n) is 2.24. The van der Waals surface area contributed by atoms with Crippen LogP contribution in [0.25, 0.3) is 0 Å². The second-order valence-electron chi connectivity index (χ2n) is 5.17. The third-order valence-corrected chi connectivity index (χ3v) is 3.42. The molecule has 0 spiro atoms. The molecule has 0 unspecified atom stereocenters. The zero-order valence-corrected chi connectivity index (χ0v) is 12.0. The number of ether oxygens (including phenoxy) is 2. The van der Waals surface area contributed by atoms with Gasteiger partial charge < -0.3 is 19.5 Å². The molecule has 2 rings (SSSR count). The molecule has 6 heteroatoms. The predicted molar refractivity (Wildman–Crippen MR) is 74.5 cm³/mol. The lowest BCUT2D eigenvalue weighted by molar-refractivity contribution is -0.136. The van der Waals surface area contributed by atoms with Gasteiger partial charge in [-0.15, -0.1) is 0 Å². The number of carbonyl (C=O) groups excluding carboxylic acids is 1. The average Bonchev–Trinajstić information content (AvgIpc) is 2.86. The van der Waals surface area contributed by atoms with Crippen LogP contribution in [0.5, 0.6) is 5.75 Å². The van der Waals surface area contributed by atoms with Crippen molar-refractivity contribution in [3.63, 3.8) is 0 Å². The van der Waals surface area contributed by atoms with Gasteiger partial charge in [-0.3, -0.25) is 4.79 Å². The molecule has 0 aliphatic carbocycles. The molecule has 1 aromatic carbocycles. The van der Waals surface area contributed by atoms with Crippen molar-refractivity contribution in [3.8, 4) is 5.75 Å². The lowest BCUT2D eigenvalue weighted by Crippen LogP contribution is -2.41. The molecule has 1 fully saturated rings. The quantitative estimate of drug-likeness (QED) is 0.857. The molecular weight excluding hydrogens is 277 g/mol. The topological polar surface area (TPSA) is 59.0 Å². The number of halogens is 1. The Bertz CT molecular complexity index is 496. The smallest absolute Gasteiger partial charge is 0.248 e. The zero-order chi connectivity index (χ0) is 15.3. The normalized spacial score (nSPS) is 21.6. The SMILES string of the molecule is CCOCC(=O)N1CC[C@@](O)(COc2cccc(F)c2)C1. The molecule has 1 aliphatic rings.